The largest absolute Gasteiger partial charge is 0.398 e. The first-order valence-corrected chi connectivity index (χ1v) is 4.93. The lowest BCUT2D eigenvalue weighted by atomic mass is 9.96. The van der Waals surface area contributed by atoms with Crippen LogP contribution >= 0.6 is 23.2 Å². The number of nitriles is 1. The van der Waals surface area contributed by atoms with Crippen molar-refractivity contribution in [1.29, 1.82) is 5.26 Å². The van der Waals surface area contributed by atoms with Gasteiger partial charge in [0.1, 0.15) is 9.75 Å². The number of benzene rings is 1. The first-order valence-electron chi connectivity index (χ1n) is 4.17. The van der Waals surface area contributed by atoms with Crippen LogP contribution in [0.2, 0.25) is 0 Å². The van der Waals surface area contributed by atoms with Crippen LogP contribution in [0.25, 0.3) is 0 Å². The predicted octanol–water partition coefficient (Wildman–Crippen LogP) is 2.61. The monoisotopic (exact) mass is 226 g/mol. The van der Waals surface area contributed by atoms with E-state index in [1.807, 2.05) is 12.1 Å². The Labute approximate surface area is 92.2 Å². The molecular weight excluding hydrogens is 219 g/mol. The van der Waals surface area contributed by atoms with Crippen molar-refractivity contribution in [3.8, 4) is 6.07 Å². The third-order valence-electron chi connectivity index (χ3n) is 2.60. The van der Waals surface area contributed by atoms with Crippen LogP contribution in [0.4, 0.5) is 5.69 Å². The topological polar surface area (TPSA) is 49.8 Å². The lowest BCUT2D eigenvalue weighted by Crippen LogP contribution is -2.14. The number of nitrogens with zero attached hydrogens (tertiary/aromatic N) is 1. The minimum atomic E-state index is -0.989. The summed E-state index contributed by atoms with van der Waals surface area (Å²) in [6.45, 7) is 0. The Kier molecular flexibility index (Phi) is 1.92. The van der Waals surface area contributed by atoms with Crippen molar-refractivity contribution in [2.45, 2.75) is 16.2 Å². The van der Waals surface area contributed by atoms with E-state index in [1.165, 1.54) is 0 Å². The van der Waals surface area contributed by atoms with Gasteiger partial charge in [-0.3, -0.25) is 0 Å². The van der Waals surface area contributed by atoms with Crippen LogP contribution in [0.5, 0.6) is 0 Å². The molecular formula is C10H8Cl2N2. The zero-order chi connectivity index (χ0) is 10.4. The second-order valence-electron chi connectivity index (χ2n) is 3.49. The maximum absolute atomic E-state index is 9.10. The van der Waals surface area contributed by atoms with Crippen LogP contribution in [0.3, 0.4) is 0 Å². The summed E-state index contributed by atoms with van der Waals surface area (Å²) < 4.78 is -0.989. The minimum Gasteiger partial charge on any atom is -0.398 e. The average Bonchev–Trinajstić information content (AvgIpc) is 2.70. The molecule has 0 amide bonds. The third-order valence-corrected chi connectivity index (χ3v) is 3.51. The van der Waals surface area contributed by atoms with Crippen molar-refractivity contribution in [2.24, 2.45) is 0 Å². The number of nitrogens with two attached hydrogens (primary N) is 1. The number of halogens is 2. The van der Waals surface area contributed by atoms with E-state index in [9.17, 15) is 0 Å². The summed E-state index contributed by atoms with van der Waals surface area (Å²) in [6.07, 6.45) is 0.438. The SMILES string of the molecule is N#CC1(c2ccccc2N)CC1(Cl)Cl. The van der Waals surface area contributed by atoms with E-state index in [0.717, 1.165) is 5.56 Å². The fourth-order valence-corrected chi connectivity index (χ4v) is 2.34. The number of hydrogen-bond acceptors (Lipinski definition) is 2. The van der Waals surface area contributed by atoms with Gasteiger partial charge in [-0.15, -0.1) is 0 Å². The molecule has 1 aliphatic rings. The second kappa shape index (κ2) is 2.79. The Morgan fingerprint density at radius 2 is 1.93 bits per heavy atom. The molecule has 2 rings (SSSR count). The number of anilines is 1. The highest BCUT2D eigenvalue weighted by Crippen LogP contribution is 2.65. The van der Waals surface area contributed by atoms with E-state index in [-0.39, 0.29) is 0 Å². The number of alkyl halides is 2. The number of nitrogen functional groups attached to an aromatic ring is 1. The molecule has 0 radical (unpaired) electrons. The summed E-state index contributed by atoms with van der Waals surface area (Å²) in [5, 5.41) is 9.10. The van der Waals surface area contributed by atoms with Gasteiger partial charge in [0.05, 0.1) is 6.07 Å². The molecule has 2 nitrogen and oxygen atoms in total. The molecule has 0 spiro atoms. The molecule has 0 heterocycles. The fourth-order valence-electron chi connectivity index (χ4n) is 1.65. The Hall–Kier alpha value is -0.910. The Bertz CT molecular complexity index is 422. The van der Waals surface area contributed by atoms with Gasteiger partial charge >= 0.3 is 0 Å². The Morgan fingerprint density at radius 3 is 2.36 bits per heavy atom. The van der Waals surface area contributed by atoms with Crippen LogP contribution in [0, 0.1) is 11.3 Å². The van der Waals surface area contributed by atoms with Gasteiger partial charge in [-0.25, -0.2) is 0 Å². The number of hydrogen-bond donors (Lipinski definition) is 1. The van der Waals surface area contributed by atoms with Gasteiger partial charge in [-0.05, 0) is 11.6 Å². The first kappa shape index (κ1) is 9.64. The standard InChI is InChI=1S/C10H8Cl2N2/c11-10(12)5-9(10,6-13)7-3-1-2-4-8(7)14/h1-4H,5,14H2. The van der Waals surface area contributed by atoms with E-state index >= 15 is 0 Å². The highest BCUT2D eigenvalue weighted by atomic mass is 35.5. The van der Waals surface area contributed by atoms with Gasteiger partial charge in [-0.2, -0.15) is 5.26 Å². The zero-order valence-electron chi connectivity index (χ0n) is 7.30. The van der Waals surface area contributed by atoms with Crippen molar-refractivity contribution < 1.29 is 0 Å². The molecule has 1 aromatic rings. The van der Waals surface area contributed by atoms with Gasteiger partial charge in [0.2, 0.25) is 0 Å². The van der Waals surface area contributed by atoms with Gasteiger partial charge in [0, 0.05) is 12.1 Å². The maximum atomic E-state index is 9.10. The summed E-state index contributed by atoms with van der Waals surface area (Å²) in [7, 11) is 0. The van der Waals surface area contributed by atoms with E-state index in [4.69, 9.17) is 34.2 Å². The summed E-state index contributed by atoms with van der Waals surface area (Å²) in [5.74, 6) is 0. The minimum absolute atomic E-state index is 0.438. The molecule has 1 aromatic carbocycles. The molecule has 1 fully saturated rings. The van der Waals surface area contributed by atoms with Crippen molar-refractivity contribution in [2.75, 3.05) is 5.73 Å². The number of rotatable bonds is 1. The van der Waals surface area contributed by atoms with Crippen molar-refractivity contribution >= 4 is 28.9 Å². The summed E-state index contributed by atoms with van der Waals surface area (Å²) in [6, 6.07) is 9.34. The van der Waals surface area contributed by atoms with Crippen LogP contribution in [-0.4, -0.2) is 4.33 Å². The van der Waals surface area contributed by atoms with Crippen LogP contribution in [0.1, 0.15) is 12.0 Å². The molecule has 4 heteroatoms. The molecule has 1 atom stereocenters. The molecule has 1 aliphatic carbocycles. The van der Waals surface area contributed by atoms with Crippen molar-refractivity contribution in [3.63, 3.8) is 0 Å². The Balaban J connectivity index is 2.53. The highest BCUT2D eigenvalue weighted by Gasteiger charge is 2.69. The fraction of sp³-hybridized carbons (Fsp3) is 0.300. The lowest BCUT2D eigenvalue weighted by molar-refractivity contribution is 0.896. The van der Waals surface area contributed by atoms with Crippen molar-refractivity contribution in [3.05, 3.63) is 29.8 Å². The quantitative estimate of drug-likeness (QED) is 0.592. The van der Waals surface area contributed by atoms with Crippen molar-refractivity contribution in [1.82, 2.24) is 0 Å². The Morgan fingerprint density at radius 1 is 1.36 bits per heavy atom. The molecule has 72 valence electrons. The molecule has 0 bridgehead atoms. The summed E-state index contributed by atoms with van der Waals surface area (Å²) in [4.78, 5) is 0. The van der Waals surface area contributed by atoms with Gasteiger partial charge in [0.15, 0.2) is 0 Å². The number of para-hydroxylation sites is 1. The molecule has 0 aliphatic heterocycles. The molecule has 1 saturated carbocycles. The summed E-state index contributed by atoms with van der Waals surface area (Å²) >= 11 is 11.9. The van der Waals surface area contributed by atoms with Crippen LogP contribution in [0.15, 0.2) is 24.3 Å². The zero-order valence-corrected chi connectivity index (χ0v) is 8.81. The van der Waals surface area contributed by atoms with Crippen LogP contribution in [-0.2, 0) is 5.41 Å². The first-order chi connectivity index (χ1) is 6.53. The summed E-state index contributed by atoms with van der Waals surface area (Å²) in [5.41, 5.74) is 6.25. The maximum Gasteiger partial charge on any atom is 0.143 e. The van der Waals surface area contributed by atoms with E-state index in [0.29, 0.717) is 12.1 Å². The second-order valence-corrected chi connectivity index (χ2v) is 4.97. The van der Waals surface area contributed by atoms with Gasteiger partial charge < -0.3 is 5.73 Å². The van der Waals surface area contributed by atoms with E-state index in [1.54, 1.807) is 12.1 Å². The van der Waals surface area contributed by atoms with E-state index < -0.39 is 9.75 Å². The van der Waals surface area contributed by atoms with Crippen LogP contribution < -0.4 is 5.73 Å². The average molecular weight is 227 g/mol. The van der Waals surface area contributed by atoms with E-state index in [2.05, 4.69) is 6.07 Å². The van der Waals surface area contributed by atoms with Gasteiger partial charge in [-0.1, -0.05) is 41.4 Å². The highest BCUT2D eigenvalue weighted by molar-refractivity contribution is 6.52. The predicted molar refractivity (Wildman–Crippen MR) is 57.2 cm³/mol. The van der Waals surface area contributed by atoms with Gasteiger partial charge in [0.25, 0.3) is 0 Å². The molecule has 0 saturated heterocycles. The molecule has 0 aromatic heterocycles. The molecule has 14 heavy (non-hydrogen) atoms. The smallest absolute Gasteiger partial charge is 0.143 e. The normalized spacial score (nSPS) is 28.1. The molecule has 1 unspecified atom stereocenters. The molecule has 2 N–H and O–H groups in total. The lowest BCUT2D eigenvalue weighted by Gasteiger charge is -2.11. The third kappa shape index (κ3) is 1.10.